The van der Waals surface area contributed by atoms with E-state index in [1.807, 2.05) is 48.5 Å². The molecule has 2 amide bonds. The number of rotatable bonds is 10. The summed E-state index contributed by atoms with van der Waals surface area (Å²) < 4.78 is 10.6. The van der Waals surface area contributed by atoms with Crippen molar-refractivity contribution < 1.29 is 29.0 Å². The van der Waals surface area contributed by atoms with E-state index in [-0.39, 0.29) is 19.1 Å². The van der Waals surface area contributed by atoms with Crippen molar-refractivity contribution in [2.24, 2.45) is 0 Å². The molecule has 3 N–H and O–H groups in total. The molecule has 9 heteroatoms. The van der Waals surface area contributed by atoms with Gasteiger partial charge in [0.25, 0.3) is 0 Å². The first-order chi connectivity index (χ1) is 16.2. The summed E-state index contributed by atoms with van der Waals surface area (Å²) in [6, 6.07) is 13.7. The Bertz CT molecular complexity index is 995. The van der Waals surface area contributed by atoms with E-state index in [1.165, 1.54) is 7.11 Å². The van der Waals surface area contributed by atoms with E-state index < -0.39 is 36.2 Å². The number of methoxy groups -OCH3 is 1. The number of benzene rings is 2. The molecule has 182 valence electrons. The van der Waals surface area contributed by atoms with E-state index in [2.05, 4.69) is 10.6 Å². The molecule has 3 rings (SSSR count). The van der Waals surface area contributed by atoms with Crippen LogP contribution < -0.4 is 10.6 Å². The van der Waals surface area contributed by atoms with Crippen LogP contribution in [0.5, 0.6) is 0 Å². The molecule has 0 radical (unpaired) electrons. The van der Waals surface area contributed by atoms with Gasteiger partial charge in [0.1, 0.15) is 12.6 Å². The summed E-state index contributed by atoms with van der Waals surface area (Å²) >= 11 is 0. The first kappa shape index (κ1) is 25.2. The first-order valence-electron chi connectivity index (χ1n) is 11.0. The number of likely N-dealkylation sites (N-methyl/N-ethyl adjacent to an activating group) is 1. The molecule has 3 unspecified atom stereocenters. The Morgan fingerprint density at radius 3 is 2.06 bits per heavy atom. The number of fused-ring (bicyclic) bond motifs is 3. The van der Waals surface area contributed by atoms with Crippen LogP contribution in [0.4, 0.5) is 4.79 Å². The number of ether oxygens (including phenoxy) is 2. The Labute approximate surface area is 199 Å². The van der Waals surface area contributed by atoms with Crippen molar-refractivity contribution in [2.45, 2.75) is 31.0 Å². The molecule has 1 aliphatic carbocycles. The number of hydrogen-bond acceptors (Lipinski definition) is 6. The van der Waals surface area contributed by atoms with Crippen molar-refractivity contribution in [2.75, 3.05) is 34.4 Å². The highest BCUT2D eigenvalue weighted by molar-refractivity contribution is 5.89. The number of aliphatic carboxylic acids is 1. The topological polar surface area (TPSA) is 117 Å². The molecule has 9 nitrogen and oxygen atoms in total. The minimum atomic E-state index is -1.26. The molecule has 0 aromatic heterocycles. The van der Waals surface area contributed by atoms with Gasteiger partial charge in [-0.05, 0) is 43.3 Å². The summed E-state index contributed by atoms with van der Waals surface area (Å²) in [5.74, 6) is -1.98. The number of nitrogens with one attached hydrogen (secondary N) is 2. The molecule has 0 fully saturated rings. The van der Waals surface area contributed by atoms with Gasteiger partial charge < -0.3 is 30.1 Å². The summed E-state index contributed by atoms with van der Waals surface area (Å²) in [4.78, 5) is 38.7. The lowest BCUT2D eigenvalue weighted by atomic mass is 9.98. The Morgan fingerprint density at radius 2 is 1.56 bits per heavy atom. The van der Waals surface area contributed by atoms with E-state index >= 15 is 0 Å². The predicted octanol–water partition coefficient (Wildman–Crippen LogP) is 2.06. The average molecular weight is 470 g/mol. The van der Waals surface area contributed by atoms with Crippen LogP contribution in [0.15, 0.2) is 48.5 Å². The monoisotopic (exact) mass is 469 g/mol. The molecule has 0 saturated carbocycles. The normalized spacial score (nSPS) is 15.1. The van der Waals surface area contributed by atoms with Crippen LogP contribution in [0.1, 0.15) is 24.0 Å². The Kier molecular flexibility index (Phi) is 8.25. The standard InChI is InChI=1S/C25H31N3O6/c1-15(33-4)22(24(30)31)27-23(29)21(13-28(2)3)26-25(32)34-14-20-18-11-7-5-9-16(18)17-10-6-8-12-19(17)20/h5-12,15,20-22H,13-14H2,1-4H3,(H,26,32)(H,27,29)(H,30,31). The lowest BCUT2D eigenvalue weighted by Crippen LogP contribution is -2.57. The number of nitrogens with zero attached hydrogens (tertiary/aromatic N) is 1. The van der Waals surface area contributed by atoms with E-state index in [4.69, 9.17) is 9.47 Å². The van der Waals surface area contributed by atoms with Crippen LogP contribution in [0.2, 0.25) is 0 Å². The van der Waals surface area contributed by atoms with Gasteiger partial charge in [0, 0.05) is 19.6 Å². The van der Waals surface area contributed by atoms with Crippen molar-refractivity contribution >= 4 is 18.0 Å². The van der Waals surface area contributed by atoms with Gasteiger partial charge in [-0.3, -0.25) is 4.79 Å². The maximum absolute atomic E-state index is 12.8. The van der Waals surface area contributed by atoms with Gasteiger partial charge in [-0.1, -0.05) is 48.5 Å². The number of amides is 2. The summed E-state index contributed by atoms with van der Waals surface area (Å²) in [5.41, 5.74) is 4.39. The third-order valence-electron chi connectivity index (χ3n) is 5.90. The van der Waals surface area contributed by atoms with Gasteiger partial charge in [-0.2, -0.15) is 0 Å². The maximum Gasteiger partial charge on any atom is 0.407 e. The number of hydrogen-bond donors (Lipinski definition) is 3. The van der Waals surface area contributed by atoms with Crippen molar-refractivity contribution in [3.05, 3.63) is 59.7 Å². The SMILES string of the molecule is COC(C)C(NC(=O)C(CN(C)C)NC(=O)OCC1c2ccccc2-c2ccccc21)C(=O)O. The summed E-state index contributed by atoms with van der Waals surface area (Å²) in [7, 11) is 4.84. The summed E-state index contributed by atoms with van der Waals surface area (Å²) in [5, 5.41) is 14.4. The molecule has 2 aromatic carbocycles. The number of carboxylic acids is 1. The van der Waals surface area contributed by atoms with Crippen LogP contribution in [-0.4, -0.2) is 80.5 Å². The molecule has 0 spiro atoms. The zero-order valence-electron chi connectivity index (χ0n) is 19.8. The third-order valence-corrected chi connectivity index (χ3v) is 5.90. The van der Waals surface area contributed by atoms with Crippen molar-refractivity contribution in [3.63, 3.8) is 0 Å². The fraction of sp³-hybridized carbons (Fsp3) is 0.400. The highest BCUT2D eigenvalue weighted by atomic mass is 16.5. The molecule has 0 bridgehead atoms. The van der Waals surface area contributed by atoms with Crippen molar-refractivity contribution in [1.29, 1.82) is 0 Å². The average Bonchev–Trinajstić information content (AvgIpc) is 3.13. The smallest absolute Gasteiger partial charge is 0.407 e. The van der Waals surface area contributed by atoms with Crippen LogP contribution in [0.3, 0.4) is 0 Å². The fourth-order valence-corrected chi connectivity index (χ4v) is 4.11. The molecule has 0 aliphatic heterocycles. The lowest BCUT2D eigenvalue weighted by molar-refractivity contribution is -0.145. The van der Waals surface area contributed by atoms with Crippen molar-refractivity contribution in [3.8, 4) is 11.1 Å². The highest BCUT2D eigenvalue weighted by Gasteiger charge is 2.32. The van der Waals surface area contributed by atoms with Gasteiger partial charge in [0.2, 0.25) is 5.91 Å². The number of alkyl carbamates (subject to hydrolysis) is 1. The largest absolute Gasteiger partial charge is 0.480 e. The zero-order chi connectivity index (χ0) is 24.8. The van der Waals surface area contributed by atoms with E-state index in [1.54, 1.807) is 25.9 Å². The minimum Gasteiger partial charge on any atom is -0.480 e. The van der Waals surface area contributed by atoms with E-state index in [9.17, 15) is 19.5 Å². The molecule has 0 heterocycles. The lowest BCUT2D eigenvalue weighted by Gasteiger charge is -2.25. The van der Waals surface area contributed by atoms with Crippen LogP contribution in [0.25, 0.3) is 11.1 Å². The minimum absolute atomic E-state index is 0.106. The van der Waals surface area contributed by atoms with Gasteiger partial charge >= 0.3 is 12.1 Å². The van der Waals surface area contributed by atoms with Gasteiger partial charge in [-0.25, -0.2) is 9.59 Å². The second-order valence-electron chi connectivity index (χ2n) is 8.55. The van der Waals surface area contributed by atoms with Crippen LogP contribution >= 0.6 is 0 Å². The molecule has 3 atom stereocenters. The van der Waals surface area contributed by atoms with Crippen LogP contribution in [-0.2, 0) is 19.1 Å². The maximum atomic E-state index is 12.8. The zero-order valence-corrected chi connectivity index (χ0v) is 19.8. The number of carbonyl (C=O) groups is 3. The quantitative estimate of drug-likeness (QED) is 0.488. The Balaban J connectivity index is 1.67. The summed E-state index contributed by atoms with van der Waals surface area (Å²) in [6.07, 6.45) is -1.51. The van der Waals surface area contributed by atoms with E-state index in [0.29, 0.717) is 0 Å². The number of carbonyl (C=O) groups excluding carboxylic acids is 2. The second-order valence-corrected chi connectivity index (χ2v) is 8.55. The van der Waals surface area contributed by atoms with Gasteiger partial charge in [0.15, 0.2) is 6.04 Å². The molecule has 2 aromatic rings. The molecule has 0 saturated heterocycles. The molecular weight excluding hydrogens is 438 g/mol. The molecule has 34 heavy (non-hydrogen) atoms. The third kappa shape index (κ3) is 5.73. The van der Waals surface area contributed by atoms with Gasteiger partial charge in [0.05, 0.1) is 6.10 Å². The first-order valence-corrected chi connectivity index (χ1v) is 11.0. The molecule has 1 aliphatic rings. The highest BCUT2D eigenvalue weighted by Crippen LogP contribution is 2.44. The fourth-order valence-electron chi connectivity index (χ4n) is 4.11. The predicted molar refractivity (Wildman–Crippen MR) is 127 cm³/mol. The van der Waals surface area contributed by atoms with Crippen LogP contribution in [0, 0.1) is 0 Å². The van der Waals surface area contributed by atoms with Crippen molar-refractivity contribution in [1.82, 2.24) is 15.5 Å². The number of carboxylic acid groups (broad SMARTS) is 1. The second kappa shape index (κ2) is 11.1. The summed E-state index contributed by atoms with van der Waals surface area (Å²) in [6.45, 7) is 1.80. The molecular formula is C25H31N3O6. The Hall–Kier alpha value is -3.43. The van der Waals surface area contributed by atoms with Gasteiger partial charge in [-0.15, -0.1) is 0 Å². The Morgan fingerprint density at radius 1 is 1.00 bits per heavy atom. The van der Waals surface area contributed by atoms with E-state index in [0.717, 1.165) is 22.3 Å².